The summed E-state index contributed by atoms with van der Waals surface area (Å²) >= 11 is 0. The summed E-state index contributed by atoms with van der Waals surface area (Å²) in [6.07, 6.45) is 1.34. The van der Waals surface area contributed by atoms with Gasteiger partial charge in [0.05, 0.1) is 6.42 Å². The molecule has 2 aromatic heterocycles. The summed E-state index contributed by atoms with van der Waals surface area (Å²) in [4.78, 5) is 16.1. The third-order valence-electron chi connectivity index (χ3n) is 1.99. The average molecular weight is 251 g/mol. The molecule has 0 bridgehead atoms. The van der Waals surface area contributed by atoms with Gasteiger partial charge in [-0.15, -0.1) is 25.1 Å². The summed E-state index contributed by atoms with van der Waals surface area (Å²) in [7, 11) is 0. The Morgan fingerprint density at radius 3 is 2.44 bits per heavy atom. The molecule has 94 valence electrons. The molecule has 0 saturated heterocycles. The molecule has 0 amide bonds. The second-order valence-electron chi connectivity index (χ2n) is 3.27. The second kappa shape index (κ2) is 5.08. The van der Waals surface area contributed by atoms with E-state index >= 15 is 0 Å². The number of aromatic nitrogens is 5. The molecule has 0 atom stereocenters. The lowest BCUT2D eigenvalue weighted by Crippen LogP contribution is -2.19. The Labute approximate surface area is 101 Å². The zero-order valence-corrected chi connectivity index (χ0v) is 9.09. The third kappa shape index (κ3) is 2.70. The molecule has 2 aromatic rings. The van der Waals surface area contributed by atoms with E-state index in [1.165, 1.54) is 18.5 Å². The topological polar surface area (TPSA) is 123 Å². The quantitative estimate of drug-likeness (QED) is 0.714. The normalized spacial score (nSPS) is 10.2. The van der Waals surface area contributed by atoms with Gasteiger partial charge in [-0.2, -0.15) is 0 Å². The van der Waals surface area contributed by atoms with Crippen LogP contribution in [0.2, 0.25) is 0 Å². The molecule has 2 N–H and O–H groups in total. The fourth-order valence-electron chi connectivity index (χ4n) is 1.18. The maximum absolute atomic E-state index is 11.4. The van der Waals surface area contributed by atoms with Crippen molar-refractivity contribution in [3.8, 4) is 11.8 Å². The van der Waals surface area contributed by atoms with Crippen molar-refractivity contribution < 1.29 is 19.8 Å². The Hall–Kier alpha value is -2.71. The van der Waals surface area contributed by atoms with E-state index in [1.54, 1.807) is 0 Å². The summed E-state index contributed by atoms with van der Waals surface area (Å²) in [5.41, 5.74) is 0. The lowest BCUT2D eigenvalue weighted by atomic mass is 10.3. The molecule has 0 aliphatic heterocycles. The highest BCUT2D eigenvalue weighted by molar-refractivity contribution is 5.70. The molecule has 0 unspecified atom stereocenters. The molecular formula is C9H9N5O4. The van der Waals surface area contributed by atoms with Crippen molar-refractivity contribution in [2.45, 2.75) is 12.8 Å². The first-order chi connectivity index (χ1) is 8.66. The van der Waals surface area contributed by atoms with Crippen LogP contribution in [0, 0.1) is 0 Å². The molecular weight excluding hydrogens is 242 g/mol. The maximum atomic E-state index is 11.4. The van der Waals surface area contributed by atoms with Gasteiger partial charge in [0, 0.05) is 18.6 Å². The van der Waals surface area contributed by atoms with Crippen molar-refractivity contribution in [1.82, 2.24) is 25.1 Å². The minimum Gasteiger partial charge on any atom is -0.492 e. The molecule has 0 aromatic carbocycles. The first kappa shape index (κ1) is 11.8. The molecule has 9 heteroatoms. The van der Waals surface area contributed by atoms with Crippen LogP contribution in [0.3, 0.4) is 0 Å². The molecule has 9 nitrogen and oxygen atoms in total. The number of nitrogens with zero attached hydrogens (tertiary/aromatic N) is 5. The van der Waals surface area contributed by atoms with E-state index in [-0.39, 0.29) is 24.6 Å². The molecule has 2 rings (SSSR count). The predicted molar refractivity (Wildman–Crippen MR) is 55.3 cm³/mol. The molecule has 2 heterocycles. The summed E-state index contributed by atoms with van der Waals surface area (Å²) in [6.45, 7) is 0. The fourth-order valence-corrected chi connectivity index (χ4v) is 1.18. The van der Waals surface area contributed by atoms with Crippen molar-refractivity contribution in [3.63, 3.8) is 0 Å². The van der Waals surface area contributed by atoms with Gasteiger partial charge in [0.2, 0.25) is 11.8 Å². The largest absolute Gasteiger partial charge is 0.492 e. The number of hydrogen-bond acceptors (Lipinski definition) is 8. The van der Waals surface area contributed by atoms with Crippen molar-refractivity contribution in [2.75, 3.05) is 0 Å². The van der Waals surface area contributed by atoms with E-state index < -0.39 is 5.97 Å². The first-order valence-corrected chi connectivity index (χ1v) is 4.97. The van der Waals surface area contributed by atoms with E-state index in [0.717, 1.165) is 0 Å². The van der Waals surface area contributed by atoms with Gasteiger partial charge < -0.3 is 15.1 Å². The highest BCUT2D eigenvalue weighted by Gasteiger charge is 2.12. The summed E-state index contributed by atoms with van der Waals surface area (Å²) in [6, 6.07) is 2.38. The van der Waals surface area contributed by atoms with Gasteiger partial charge in [-0.1, -0.05) is 0 Å². The van der Waals surface area contributed by atoms with Crippen LogP contribution < -0.4 is 4.84 Å². The van der Waals surface area contributed by atoms with E-state index in [1.807, 2.05) is 0 Å². The minimum absolute atomic E-state index is 0.0373. The highest BCUT2D eigenvalue weighted by Crippen LogP contribution is 2.18. The average Bonchev–Trinajstić information content (AvgIpc) is 2.69. The van der Waals surface area contributed by atoms with E-state index in [4.69, 9.17) is 4.84 Å². The Bertz CT molecular complexity index is 522. The van der Waals surface area contributed by atoms with Crippen LogP contribution in [0.4, 0.5) is 0 Å². The maximum Gasteiger partial charge on any atom is 0.333 e. The highest BCUT2D eigenvalue weighted by atomic mass is 16.7. The molecule has 18 heavy (non-hydrogen) atoms. The SMILES string of the molecule is O=C(CCc1nncnn1)On1c(O)ccc1O. The number of hydrogen-bond donors (Lipinski definition) is 2. The van der Waals surface area contributed by atoms with Gasteiger partial charge in [0.25, 0.3) is 0 Å². The summed E-state index contributed by atoms with van der Waals surface area (Å²) in [5, 5.41) is 32.8. The van der Waals surface area contributed by atoms with Crippen LogP contribution in [0.15, 0.2) is 18.5 Å². The molecule has 0 fully saturated rings. The van der Waals surface area contributed by atoms with Gasteiger partial charge >= 0.3 is 5.97 Å². The van der Waals surface area contributed by atoms with Crippen molar-refractivity contribution >= 4 is 5.97 Å². The fraction of sp³-hybridized carbons (Fsp3) is 0.222. The Morgan fingerprint density at radius 1 is 1.22 bits per heavy atom. The molecule has 0 spiro atoms. The van der Waals surface area contributed by atoms with Crippen molar-refractivity contribution in [2.24, 2.45) is 0 Å². The van der Waals surface area contributed by atoms with Gasteiger partial charge in [-0.3, -0.25) is 0 Å². The predicted octanol–water partition coefficient (Wildman–Crippen LogP) is -0.933. The Morgan fingerprint density at radius 2 is 1.83 bits per heavy atom. The van der Waals surface area contributed by atoms with Crippen LogP contribution in [0.25, 0.3) is 0 Å². The zero-order chi connectivity index (χ0) is 13.0. The molecule has 0 aliphatic carbocycles. The number of carbonyl (C=O) groups is 1. The van der Waals surface area contributed by atoms with E-state index in [9.17, 15) is 15.0 Å². The van der Waals surface area contributed by atoms with Crippen LogP contribution in [-0.4, -0.2) is 41.3 Å². The number of aryl methyl sites for hydroxylation is 1. The monoisotopic (exact) mass is 251 g/mol. The van der Waals surface area contributed by atoms with Crippen LogP contribution in [0.5, 0.6) is 11.8 Å². The summed E-state index contributed by atoms with van der Waals surface area (Å²) in [5.74, 6) is -1.11. The molecule has 0 saturated carbocycles. The Balaban J connectivity index is 1.90. The van der Waals surface area contributed by atoms with E-state index in [2.05, 4.69) is 20.4 Å². The van der Waals surface area contributed by atoms with Crippen molar-refractivity contribution in [1.29, 1.82) is 0 Å². The van der Waals surface area contributed by atoms with Gasteiger partial charge in [0.15, 0.2) is 12.2 Å². The molecule has 0 aliphatic rings. The van der Waals surface area contributed by atoms with Crippen LogP contribution in [-0.2, 0) is 11.2 Å². The standard InChI is InChI=1S/C9H9N5O4/c15-7-2-3-8(16)14(7)18-9(17)4-1-6-12-10-5-11-13-6/h2-3,5,15-16H,1,4H2. The zero-order valence-electron chi connectivity index (χ0n) is 9.09. The number of carbonyl (C=O) groups excluding carboxylic acids is 1. The first-order valence-electron chi connectivity index (χ1n) is 4.97. The smallest absolute Gasteiger partial charge is 0.333 e. The summed E-state index contributed by atoms with van der Waals surface area (Å²) < 4.78 is 0.616. The van der Waals surface area contributed by atoms with Crippen molar-refractivity contribution in [3.05, 3.63) is 24.3 Å². The van der Waals surface area contributed by atoms with Crippen LogP contribution in [0.1, 0.15) is 12.2 Å². The van der Waals surface area contributed by atoms with Crippen LogP contribution >= 0.6 is 0 Å². The van der Waals surface area contributed by atoms with Gasteiger partial charge in [-0.05, 0) is 0 Å². The van der Waals surface area contributed by atoms with Gasteiger partial charge in [0.1, 0.15) is 0 Å². The van der Waals surface area contributed by atoms with E-state index in [0.29, 0.717) is 10.6 Å². The lowest BCUT2D eigenvalue weighted by molar-refractivity contribution is -0.145. The minimum atomic E-state index is -0.663. The van der Waals surface area contributed by atoms with Gasteiger partial charge in [-0.25, -0.2) is 4.79 Å². The number of rotatable bonds is 4. The third-order valence-corrected chi connectivity index (χ3v) is 1.99. The Kier molecular flexibility index (Phi) is 3.32. The molecule has 0 radical (unpaired) electrons. The second-order valence-corrected chi connectivity index (χ2v) is 3.27. The lowest BCUT2D eigenvalue weighted by Gasteiger charge is -2.05. The number of aromatic hydroxyl groups is 2.